The van der Waals surface area contributed by atoms with Gasteiger partial charge in [-0.2, -0.15) is 30.7 Å². The molecule has 6 atom stereocenters. The van der Waals surface area contributed by atoms with Crippen molar-refractivity contribution in [2.75, 3.05) is 0 Å². The molecule has 4 rings (SSSR count). The summed E-state index contributed by atoms with van der Waals surface area (Å²) in [5.41, 5.74) is -4.20. The summed E-state index contributed by atoms with van der Waals surface area (Å²) in [6.45, 7) is 3.82. The minimum Gasteiger partial charge on any atom is -0.383 e. The molecule has 0 bridgehead atoms. The summed E-state index contributed by atoms with van der Waals surface area (Å²) < 4.78 is 94.3. The Bertz CT molecular complexity index is 819. The lowest BCUT2D eigenvalue weighted by molar-refractivity contribution is -0.390. The van der Waals surface area contributed by atoms with Gasteiger partial charge in [0.2, 0.25) is 0 Å². The Morgan fingerprint density at radius 1 is 0.935 bits per heavy atom. The Morgan fingerprint density at radius 2 is 1.55 bits per heavy atom. The zero-order valence-corrected chi connectivity index (χ0v) is 17.5. The molecule has 176 valence electrons. The van der Waals surface area contributed by atoms with Crippen LogP contribution in [0.1, 0.15) is 65.2 Å². The maximum atomic E-state index is 14.5. The molecule has 4 aliphatic carbocycles. The number of carbonyl (C=O) groups is 1. The van der Waals surface area contributed by atoms with Crippen LogP contribution in [0.4, 0.5) is 30.7 Å². The Morgan fingerprint density at radius 3 is 2.16 bits per heavy atom. The van der Waals surface area contributed by atoms with Gasteiger partial charge >= 0.3 is 18.0 Å². The summed E-state index contributed by atoms with van der Waals surface area (Å²) in [6, 6.07) is 0. The summed E-state index contributed by atoms with van der Waals surface area (Å²) in [7, 11) is 0. The van der Waals surface area contributed by atoms with Crippen LogP contribution in [-0.2, 0) is 4.79 Å². The second-order valence-corrected chi connectivity index (χ2v) is 10.5. The zero-order chi connectivity index (χ0) is 23.3. The van der Waals surface area contributed by atoms with E-state index in [2.05, 4.69) is 0 Å². The third kappa shape index (κ3) is 2.83. The third-order valence-corrected chi connectivity index (χ3v) is 9.21. The third-order valence-electron chi connectivity index (χ3n) is 9.21. The van der Waals surface area contributed by atoms with E-state index in [4.69, 9.17) is 0 Å². The standard InChI is InChI=1S/C22H27F7O2/c1-17-9-10-19(31,20(23,24)21(25,26)22(27,28)29)11-12(17)3-4-13-14-5-6-16(30)18(14,2)8-7-15(13)17/h3,13-15,31H,4-11H2,1-2H3/t13?,14?,15?,17-,18-,19-/m0/s1. The van der Waals surface area contributed by atoms with Gasteiger partial charge in [0.05, 0.1) is 0 Å². The number of fused-ring (bicyclic) bond motifs is 5. The lowest BCUT2D eigenvalue weighted by Gasteiger charge is -2.58. The predicted octanol–water partition coefficient (Wildman–Crippen LogP) is 6.08. The van der Waals surface area contributed by atoms with E-state index in [1.165, 1.54) is 0 Å². The van der Waals surface area contributed by atoms with E-state index in [0.717, 1.165) is 6.42 Å². The molecule has 0 heterocycles. The van der Waals surface area contributed by atoms with Gasteiger partial charge in [0, 0.05) is 18.3 Å². The van der Waals surface area contributed by atoms with Gasteiger partial charge in [0.25, 0.3) is 0 Å². The Kier molecular flexibility index (Phi) is 4.82. The van der Waals surface area contributed by atoms with Crippen LogP contribution in [0.15, 0.2) is 11.6 Å². The molecular weight excluding hydrogens is 429 g/mol. The maximum absolute atomic E-state index is 14.5. The lowest BCUT2D eigenvalue weighted by Crippen LogP contribution is -2.66. The van der Waals surface area contributed by atoms with Crippen LogP contribution in [0, 0.1) is 28.6 Å². The largest absolute Gasteiger partial charge is 0.459 e. The second-order valence-electron chi connectivity index (χ2n) is 10.5. The molecule has 0 aromatic heterocycles. The topological polar surface area (TPSA) is 37.3 Å². The summed E-state index contributed by atoms with van der Waals surface area (Å²) in [5, 5.41) is 10.5. The van der Waals surface area contributed by atoms with Gasteiger partial charge in [-0.3, -0.25) is 4.79 Å². The van der Waals surface area contributed by atoms with Crippen LogP contribution in [-0.4, -0.2) is 34.5 Å². The van der Waals surface area contributed by atoms with E-state index in [9.17, 15) is 40.6 Å². The fourth-order valence-electron chi connectivity index (χ4n) is 7.16. The molecule has 0 saturated heterocycles. The molecule has 0 radical (unpaired) electrons. The van der Waals surface area contributed by atoms with Gasteiger partial charge in [-0.25, -0.2) is 0 Å². The number of allylic oxidation sites excluding steroid dienone is 1. The normalized spacial score (nSPS) is 43.7. The Balaban J connectivity index is 1.65. The predicted molar refractivity (Wildman–Crippen MR) is 97.6 cm³/mol. The number of aliphatic hydroxyl groups is 1. The molecule has 0 aromatic carbocycles. The van der Waals surface area contributed by atoms with Crippen LogP contribution in [0.5, 0.6) is 0 Å². The molecule has 0 spiro atoms. The zero-order valence-electron chi connectivity index (χ0n) is 17.5. The highest BCUT2D eigenvalue weighted by Gasteiger charge is 2.80. The van der Waals surface area contributed by atoms with E-state index in [-0.39, 0.29) is 30.0 Å². The van der Waals surface area contributed by atoms with Crippen molar-refractivity contribution >= 4 is 5.78 Å². The van der Waals surface area contributed by atoms with Gasteiger partial charge in [-0.15, -0.1) is 0 Å². The molecule has 3 unspecified atom stereocenters. The fraction of sp³-hybridized carbons (Fsp3) is 0.864. The number of carbonyl (C=O) groups excluding carboxylic acids is 1. The molecule has 1 N–H and O–H groups in total. The SMILES string of the molecule is C[C@]12CC[C@@](O)(C(F)(F)C(F)(F)C(F)(F)F)CC1=CCC1C2CC[C@]2(C)C(=O)CCC12. The second kappa shape index (κ2) is 6.48. The van der Waals surface area contributed by atoms with Crippen molar-refractivity contribution in [2.24, 2.45) is 28.6 Å². The molecule has 4 aliphatic rings. The molecule has 0 aromatic rings. The van der Waals surface area contributed by atoms with Gasteiger partial charge in [0.1, 0.15) is 11.4 Å². The van der Waals surface area contributed by atoms with E-state index < -0.39 is 47.3 Å². The number of ketones is 1. The van der Waals surface area contributed by atoms with Crippen molar-refractivity contribution in [1.29, 1.82) is 0 Å². The number of alkyl halides is 7. The highest BCUT2D eigenvalue weighted by atomic mass is 19.4. The van der Waals surface area contributed by atoms with Crippen molar-refractivity contribution in [1.82, 2.24) is 0 Å². The molecular formula is C22H27F7O2. The van der Waals surface area contributed by atoms with Gasteiger partial charge < -0.3 is 5.11 Å². The summed E-state index contributed by atoms with van der Waals surface area (Å²) >= 11 is 0. The monoisotopic (exact) mass is 456 g/mol. The van der Waals surface area contributed by atoms with Crippen LogP contribution in [0.3, 0.4) is 0 Å². The molecule has 3 saturated carbocycles. The van der Waals surface area contributed by atoms with Gasteiger partial charge in [0.15, 0.2) is 0 Å². The summed E-state index contributed by atoms with van der Waals surface area (Å²) in [5.74, 6) is -11.4. The smallest absolute Gasteiger partial charge is 0.383 e. The quantitative estimate of drug-likeness (QED) is 0.404. The molecule has 31 heavy (non-hydrogen) atoms. The minimum atomic E-state index is -6.47. The first kappa shape index (κ1) is 23.1. The van der Waals surface area contributed by atoms with E-state index in [0.29, 0.717) is 31.3 Å². The number of halogens is 7. The fourth-order valence-corrected chi connectivity index (χ4v) is 7.16. The van der Waals surface area contributed by atoms with Crippen molar-refractivity contribution in [2.45, 2.75) is 88.8 Å². The molecule has 2 nitrogen and oxygen atoms in total. The van der Waals surface area contributed by atoms with Crippen molar-refractivity contribution in [3.63, 3.8) is 0 Å². The highest BCUT2D eigenvalue weighted by Crippen LogP contribution is 2.66. The first-order valence-electron chi connectivity index (χ1n) is 10.8. The van der Waals surface area contributed by atoms with E-state index in [1.54, 1.807) is 6.08 Å². The highest BCUT2D eigenvalue weighted by molar-refractivity contribution is 5.87. The van der Waals surface area contributed by atoms with Crippen LogP contribution in [0.25, 0.3) is 0 Å². The van der Waals surface area contributed by atoms with Crippen LogP contribution in [0.2, 0.25) is 0 Å². The van der Waals surface area contributed by atoms with Crippen molar-refractivity contribution in [3.8, 4) is 0 Å². The minimum absolute atomic E-state index is 0.0257. The number of hydrogen-bond acceptors (Lipinski definition) is 2. The molecule has 9 heteroatoms. The molecule has 3 fully saturated rings. The maximum Gasteiger partial charge on any atom is 0.459 e. The number of Topliss-reactive ketones (excluding diaryl/α,β-unsaturated/α-hetero) is 1. The first-order valence-corrected chi connectivity index (χ1v) is 10.8. The molecule has 0 amide bonds. The van der Waals surface area contributed by atoms with E-state index >= 15 is 0 Å². The summed E-state index contributed by atoms with van der Waals surface area (Å²) in [6.07, 6.45) is -3.61. The van der Waals surface area contributed by atoms with Gasteiger partial charge in [-0.1, -0.05) is 25.5 Å². The van der Waals surface area contributed by atoms with Crippen LogP contribution < -0.4 is 0 Å². The number of rotatable bonds is 2. The van der Waals surface area contributed by atoms with Crippen LogP contribution >= 0.6 is 0 Å². The average Bonchev–Trinajstić information content (AvgIpc) is 2.96. The Labute approximate surface area is 176 Å². The first-order chi connectivity index (χ1) is 14.0. The average molecular weight is 456 g/mol. The van der Waals surface area contributed by atoms with Gasteiger partial charge in [-0.05, 0) is 61.7 Å². The number of hydrogen-bond donors (Lipinski definition) is 1. The van der Waals surface area contributed by atoms with Crippen molar-refractivity contribution < 1.29 is 40.6 Å². The Hall–Kier alpha value is -1.12. The lowest BCUT2D eigenvalue weighted by atomic mass is 9.47. The van der Waals surface area contributed by atoms with Crippen molar-refractivity contribution in [3.05, 3.63) is 11.6 Å². The summed E-state index contributed by atoms with van der Waals surface area (Å²) in [4.78, 5) is 12.4. The van der Waals surface area contributed by atoms with E-state index in [1.807, 2.05) is 13.8 Å². The molecule has 0 aliphatic heterocycles.